The molecule has 0 amide bonds. The van der Waals surface area contributed by atoms with E-state index in [2.05, 4.69) is 25.9 Å². The van der Waals surface area contributed by atoms with Crippen molar-refractivity contribution in [3.63, 3.8) is 0 Å². The van der Waals surface area contributed by atoms with Crippen LogP contribution in [0.25, 0.3) is 0 Å². The van der Waals surface area contributed by atoms with Crippen LogP contribution in [0, 0.1) is 11.3 Å². The first-order chi connectivity index (χ1) is 9.40. The Labute approximate surface area is 121 Å². The molecule has 0 spiro atoms. The third-order valence-electron chi connectivity index (χ3n) is 4.37. The molecule has 0 radical (unpaired) electrons. The molecule has 1 aliphatic carbocycles. The summed E-state index contributed by atoms with van der Waals surface area (Å²) in [7, 11) is 0. The van der Waals surface area contributed by atoms with E-state index in [0.29, 0.717) is 11.0 Å². The first-order valence-corrected chi connectivity index (χ1v) is 7.63. The topological polar surface area (TPSA) is 44.1 Å². The Morgan fingerprint density at radius 1 is 1.35 bits per heavy atom. The number of nitrogens with zero attached hydrogens (tertiary/aromatic N) is 2. The van der Waals surface area contributed by atoms with Crippen molar-refractivity contribution in [1.82, 2.24) is 9.78 Å². The molecule has 1 aliphatic rings. The molecule has 0 bridgehead atoms. The zero-order valence-corrected chi connectivity index (χ0v) is 13.1. The highest BCUT2D eigenvalue weighted by molar-refractivity contribution is 5.88. The summed E-state index contributed by atoms with van der Waals surface area (Å²) in [5, 5.41) is 4.11. The normalized spacial score (nSPS) is 23.6. The van der Waals surface area contributed by atoms with E-state index in [1.165, 1.54) is 0 Å². The summed E-state index contributed by atoms with van der Waals surface area (Å²) in [5.74, 6) is 0.504. The second-order valence-electron chi connectivity index (χ2n) is 6.83. The highest BCUT2D eigenvalue weighted by Crippen LogP contribution is 2.38. The predicted molar refractivity (Wildman–Crippen MR) is 78.5 cm³/mol. The van der Waals surface area contributed by atoms with E-state index in [0.717, 1.165) is 38.1 Å². The molecular formula is C16H26N2O2. The quantitative estimate of drug-likeness (QED) is 0.792. The summed E-state index contributed by atoms with van der Waals surface area (Å²) >= 11 is 0. The Morgan fingerprint density at radius 2 is 2.00 bits per heavy atom. The van der Waals surface area contributed by atoms with Crippen LogP contribution >= 0.6 is 0 Å². The lowest BCUT2D eigenvalue weighted by Gasteiger charge is -2.36. The Morgan fingerprint density at radius 3 is 2.50 bits per heavy atom. The van der Waals surface area contributed by atoms with Gasteiger partial charge in [-0.2, -0.15) is 5.10 Å². The third-order valence-corrected chi connectivity index (χ3v) is 4.37. The largest absolute Gasteiger partial charge is 0.459 e. The number of rotatable bonds is 3. The van der Waals surface area contributed by atoms with Crippen LogP contribution in [-0.4, -0.2) is 21.9 Å². The lowest BCUT2D eigenvalue weighted by atomic mass is 9.72. The highest BCUT2D eigenvalue weighted by atomic mass is 16.5. The van der Waals surface area contributed by atoms with Gasteiger partial charge in [0.05, 0.1) is 11.8 Å². The molecule has 1 heterocycles. The van der Waals surface area contributed by atoms with E-state index in [-0.39, 0.29) is 12.1 Å². The van der Waals surface area contributed by atoms with Gasteiger partial charge in [-0.15, -0.1) is 0 Å². The fraction of sp³-hybridized carbons (Fsp3) is 0.750. The molecule has 0 saturated heterocycles. The van der Waals surface area contributed by atoms with Crippen LogP contribution in [0.3, 0.4) is 0 Å². The van der Waals surface area contributed by atoms with E-state index < -0.39 is 0 Å². The molecule has 1 saturated carbocycles. The van der Waals surface area contributed by atoms with Crippen molar-refractivity contribution in [3.8, 4) is 0 Å². The van der Waals surface area contributed by atoms with E-state index in [1.54, 1.807) is 17.1 Å². The summed E-state index contributed by atoms with van der Waals surface area (Å²) < 4.78 is 7.35. The minimum absolute atomic E-state index is 0.0751. The number of carbonyl (C=O) groups is 1. The molecule has 1 aromatic heterocycles. The van der Waals surface area contributed by atoms with E-state index in [1.807, 2.05) is 6.92 Å². The number of aromatic nitrogens is 2. The Balaban J connectivity index is 1.85. The molecule has 0 atom stereocenters. The molecule has 2 rings (SSSR count). The van der Waals surface area contributed by atoms with E-state index >= 15 is 0 Å². The summed E-state index contributed by atoms with van der Waals surface area (Å²) in [6, 6.07) is 0. The maximum Gasteiger partial charge on any atom is 0.341 e. The standard InChI is InChI=1S/C16H26N2O2/c1-5-18-11-12(10-17-18)15(19)20-14-8-6-13(7-9-14)16(2,3)4/h10-11,13-14H,5-9H2,1-4H3. The second-order valence-corrected chi connectivity index (χ2v) is 6.83. The van der Waals surface area contributed by atoms with Crippen molar-refractivity contribution in [2.75, 3.05) is 0 Å². The lowest BCUT2D eigenvalue weighted by Crippen LogP contribution is -2.30. The summed E-state index contributed by atoms with van der Waals surface area (Å²) in [6.45, 7) is 9.65. The SMILES string of the molecule is CCn1cc(C(=O)OC2CCC(C(C)(C)C)CC2)cn1. The Kier molecular flexibility index (Phi) is 4.51. The third kappa shape index (κ3) is 3.62. The van der Waals surface area contributed by atoms with Gasteiger partial charge in [-0.25, -0.2) is 4.79 Å². The molecule has 0 aromatic carbocycles. The first kappa shape index (κ1) is 15.1. The van der Waals surface area contributed by atoms with Crippen LogP contribution in [0.15, 0.2) is 12.4 Å². The van der Waals surface area contributed by atoms with Gasteiger partial charge in [0.1, 0.15) is 6.10 Å². The first-order valence-electron chi connectivity index (χ1n) is 7.63. The fourth-order valence-electron chi connectivity index (χ4n) is 2.91. The maximum atomic E-state index is 12.0. The number of ether oxygens (including phenoxy) is 1. The zero-order valence-electron chi connectivity index (χ0n) is 13.1. The van der Waals surface area contributed by atoms with Gasteiger partial charge in [0, 0.05) is 12.7 Å². The predicted octanol–water partition coefficient (Wildman–Crippen LogP) is 3.66. The van der Waals surface area contributed by atoms with Crippen molar-refractivity contribution in [2.45, 2.75) is 66.0 Å². The summed E-state index contributed by atoms with van der Waals surface area (Å²) in [6.07, 6.45) is 7.68. The van der Waals surface area contributed by atoms with Gasteiger partial charge < -0.3 is 4.74 Å². The van der Waals surface area contributed by atoms with Crippen LogP contribution in [-0.2, 0) is 11.3 Å². The fourth-order valence-corrected chi connectivity index (χ4v) is 2.91. The average Bonchev–Trinajstić information content (AvgIpc) is 2.87. The molecule has 0 unspecified atom stereocenters. The van der Waals surface area contributed by atoms with Crippen molar-refractivity contribution < 1.29 is 9.53 Å². The maximum absolute atomic E-state index is 12.0. The van der Waals surface area contributed by atoms with Gasteiger partial charge in [0.15, 0.2) is 0 Å². The summed E-state index contributed by atoms with van der Waals surface area (Å²) in [5.41, 5.74) is 0.918. The van der Waals surface area contributed by atoms with Crippen LogP contribution in [0.1, 0.15) is 63.7 Å². The van der Waals surface area contributed by atoms with Crippen molar-refractivity contribution in [1.29, 1.82) is 0 Å². The van der Waals surface area contributed by atoms with Crippen LogP contribution in [0.4, 0.5) is 0 Å². The molecule has 0 N–H and O–H groups in total. The zero-order chi connectivity index (χ0) is 14.8. The molecule has 20 heavy (non-hydrogen) atoms. The number of hydrogen-bond donors (Lipinski definition) is 0. The molecular weight excluding hydrogens is 252 g/mol. The smallest absolute Gasteiger partial charge is 0.341 e. The number of aryl methyl sites for hydroxylation is 1. The van der Waals surface area contributed by atoms with Gasteiger partial charge in [-0.1, -0.05) is 20.8 Å². The van der Waals surface area contributed by atoms with Gasteiger partial charge in [0.2, 0.25) is 0 Å². The molecule has 0 aliphatic heterocycles. The van der Waals surface area contributed by atoms with Crippen molar-refractivity contribution in [2.24, 2.45) is 11.3 Å². The molecule has 1 fully saturated rings. The summed E-state index contributed by atoms with van der Waals surface area (Å²) in [4.78, 5) is 12.0. The average molecular weight is 278 g/mol. The van der Waals surface area contributed by atoms with E-state index in [9.17, 15) is 4.79 Å². The minimum Gasteiger partial charge on any atom is -0.459 e. The molecule has 4 heteroatoms. The molecule has 1 aromatic rings. The Bertz CT molecular complexity index is 451. The molecule has 4 nitrogen and oxygen atoms in total. The van der Waals surface area contributed by atoms with Gasteiger partial charge >= 0.3 is 5.97 Å². The van der Waals surface area contributed by atoms with Gasteiger partial charge in [-0.05, 0) is 43.9 Å². The molecule has 112 valence electrons. The van der Waals surface area contributed by atoms with Gasteiger partial charge in [-0.3, -0.25) is 4.68 Å². The minimum atomic E-state index is -0.232. The number of hydrogen-bond acceptors (Lipinski definition) is 3. The highest BCUT2D eigenvalue weighted by Gasteiger charge is 2.31. The monoisotopic (exact) mass is 278 g/mol. The second kappa shape index (κ2) is 5.98. The number of carbonyl (C=O) groups excluding carboxylic acids is 1. The van der Waals surface area contributed by atoms with E-state index in [4.69, 9.17) is 4.74 Å². The number of esters is 1. The van der Waals surface area contributed by atoms with Gasteiger partial charge in [0.25, 0.3) is 0 Å². The Hall–Kier alpha value is -1.32. The van der Waals surface area contributed by atoms with Crippen molar-refractivity contribution in [3.05, 3.63) is 18.0 Å². The van der Waals surface area contributed by atoms with Crippen LogP contribution in [0.2, 0.25) is 0 Å². The van der Waals surface area contributed by atoms with Crippen LogP contribution < -0.4 is 0 Å². The van der Waals surface area contributed by atoms with Crippen molar-refractivity contribution >= 4 is 5.97 Å². The van der Waals surface area contributed by atoms with Crippen LogP contribution in [0.5, 0.6) is 0 Å². The lowest BCUT2D eigenvalue weighted by molar-refractivity contribution is 0.00928.